The first-order valence-electron chi connectivity index (χ1n) is 7.55. The highest BCUT2D eigenvalue weighted by Crippen LogP contribution is 2.31. The second-order valence-electron chi connectivity index (χ2n) is 5.79. The summed E-state index contributed by atoms with van der Waals surface area (Å²) in [5, 5.41) is 13.0. The molecule has 2 atom stereocenters. The first kappa shape index (κ1) is 15.4. The molecule has 0 radical (unpaired) electrons. The van der Waals surface area contributed by atoms with Crippen LogP contribution in [-0.4, -0.2) is 17.1 Å². The summed E-state index contributed by atoms with van der Waals surface area (Å²) in [4.78, 5) is 12.2. The Morgan fingerprint density at radius 3 is 2.65 bits per heavy atom. The molecule has 0 aliphatic heterocycles. The summed E-state index contributed by atoms with van der Waals surface area (Å²) in [7, 11) is 0. The third kappa shape index (κ3) is 3.32. The van der Waals surface area contributed by atoms with E-state index in [2.05, 4.69) is 5.32 Å². The van der Waals surface area contributed by atoms with Crippen molar-refractivity contribution in [2.45, 2.75) is 25.5 Å². The molecule has 0 bridgehead atoms. The van der Waals surface area contributed by atoms with Crippen molar-refractivity contribution >= 4 is 11.5 Å². The van der Waals surface area contributed by atoms with Gasteiger partial charge in [-0.1, -0.05) is 36.4 Å². The summed E-state index contributed by atoms with van der Waals surface area (Å²) in [6, 6.07) is 13.3. The Kier molecular flexibility index (Phi) is 4.26. The van der Waals surface area contributed by atoms with E-state index in [1.807, 2.05) is 24.3 Å². The van der Waals surface area contributed by atoms with Gasteiger partial charge in [-0.3, -0.25) is 4.79 Å². The third-order valence-electron chi connectivity index (χ3n) is 4.15. The maximum Gasteiger partial charge on any atom is 0.244 e. The maximum atomic E-state index is 12.9. The minimum atomic E-state index is -0.615. The van der Waals surface area contributed by atoms with Crippen LogP contribution in [0.1, 0.15) is 29.7 Å². The van der Waals surface area contributed by atoms with Gasteiger partial charge in [0.1, 0.15) is 5.82 Å². The zero-order valence-corrected chi connectivity index (χ0v) is 12.8. The number of benzene rings is 2. The van der Waals surface area contributed by atoms with Crippen LogP contribution in [0.15, 0.2) is 54.6 Å². The van der Waals surface area contributed by atoms with E-state index in [1.165, 1.54) is 18.2 Å². The molecule has 2 aromatic rings. The molecule has 0 saturated heterocycles. The normalized spacial score (nSPS) is 20.2. The lowest BCUT2D eigenvalue weighted by molar-refractivity contribution is -0.117. The second-order valence-corrected chi connectivity index (χ2v) is 5.79. The zero-order chi connectivity index (χ0) is 16.4. The fourth-order valence-electron chi connectivity index (χ4n) is 2.94. The lowest BCUT2D eigenvalue weighted by atomic mass is 10.1. The van der Waals surface area contributed by atoms with Crippen molar-refractivity contribution in [3.05, 3.63) is 77.1 Å². The molecule has 3 rings (SSSR count). The average Bonchev–Trinajstić information content (AvgIpc) is 2.84. The number of carbonyl (C=O) groups is 1. The Labute approximate surface area is 134 Å². The molecule has 0 heterocycles. The van der Waals surface area contributed by atoms with Gasteiger partial charge in [-0.25, -0.2) is 4.39 Å². The SMILES string of the molecule is C/C(=C/C(=O)NC1c2ccccc2CC1O)c1ccc(F)cc1. The molecule has 1 amide bonds. The summed E-state index contributed by atoms with van der Waals surface area (Å²) >= 11 is 0. The minimum absolute atomic E-state index is 0.271. The summed E-state index contributed by atoms with van der Waals surface area (Å²) in [6.45, 7) is 1.80. The molecule has 3 nitrogen and oxygen atoms in total. The average molecular weight is 311 g/mol. The molecule has 2 N–H and O–H groups in total. The summed E-state index contributed by atoms with van der Waals surface area (Å²) < 4.78 is 12.9. The van der Waals surface area contributed by atoms with E-state index < -0.39 is 12.1 Å². The predicted octanol–water partition coefficient (Wildman–Crippen LogP) is 3.00. The van der Waals surface area contributed by atoms with Gasteiger partial charge in [-0.15, -0.1) is 0 Å². The number of carbonyl (C=O) groups excluding carboxylic acids is 1. The number of nitrogens with one attached hydrogen (secondary N) is 1. The van der Waals surface area contributed by atoms with Crippen LogP contribution in [0, 0.1) is 5.82 Å². The Morgan fingerprint density at radius 1 is 1.22 bits per heavy atom. The van der Waals surface area contributed by atoms with Gasteiger partial charge in [0.05, 0.1) is 12.1 Å². The van der Waals surface area contributed by atoms with Gasteiger partial charge in [0.15, 0.2) is 0 Å². The van der Waals surface area contributed by atoms with Crippen molar-refractivity contribution in [1.82, 2.24) is 5.32 Å². The van der Waals surface area contributed by atoms with Crippen LogP contribution >= 0.6 is 0 Å². The number of halogens is 1. The van der Waals surface area contributed by atoms with E-state index in [1.54, 1.807) is 19.1 Å². The first-order valence-corrected chi connectivity index (χ1v) is 7.55. The van der Waals surface area contributed by atoms with Crippen molar-refractivity contribution in [1.29, 1.82) is 0 Å². The number of aliphatic hydroxyl groups excluding tert-OH is 1. The van der Waals surface area contributed by atoms with Gasteiger partial charge in [-0.2, -0.15) is 0 Å². The van der Waals surface area contributed by atoms with E-state index in [4.69, 9.17) is 0 Å². The highest BCUT2D eigenvalue weighted by atomic mass is 19.1. The lowest BCUT2D eigenvalue weighted by Gasteiger charge is -2.17. The first-order chi connectivity index (χ1) is 11.0. The van der Waals surface area contributed by atoms with Crippen LogP contribution < -0.4 is 5.32 Å². The number of allylic oxidation sites excluding steroid dienone is 1. The molecular weight excluding hydrogens is 293 g/mol. The van der Waals surface area contributed by atoms with Crippen LogP contribution in [0.3, 0.4) is 0 Å². The number of hydrogen-bond donors (Lipinski definition) is 2. The molecule has 0 aromatic heterocycles. The van der Waals surface area contributed by atoms with Gasteiger partial charge < -0.3 is 10.4 Å². The topological polar surface area (TPSA) is 49.3 Å². The molecule has 4 heteroatoms. The number of rotatable bonds is 3. The minimum Gasteiger partial charge on any atom is -0.390 e. The number of aliphatic hydroxyl groups is 1. The van der Waals surface area contributed by atoms with Crippen molar-refractivity contribution < 1.29 is 14.3 Å². The van der Waals surface area contributed by atoms with E-state index >= 15 is 0 Å². The molecular formula is C19H18FNO2. The zero-order valence-electron chi connectivity index (χ0n) is 12.8. The van der Waals surface area contributed by atoms with Crippen LogP contribution in [-0.2, 0) is 11.2 Å². The molecule has 2 unspecified atom stereocenters. The highest BCUT2D eigenvalue weighted by molar-refractivity contribution is 5.95. The van der Waals surface area contributed by atoms with Crippen LogP contribution in [0.4, 0.5) is 4.39 Å². The molecule has 118 valence electrons. The molecule has 2 aromatic carbocycles. The van der Waals surface area contributed by atoms with E-state index in [9.17, 15) is 14.3 Å². The van der Waals surface area contributed by atoms with E-state index in [0.717, 1.165) is 22.3 Å². The van der Waals surface area contributed by atoms with Gasteiger partial charge >= 0.3 is 0 Å². The van der Waals surface area contributed by atoms with Crippen molar-refractivity contribution in [2.24, 2.45) is 0 Å². The molecule has 0 spiro atoms. The second kappa shape index (κ2) is 6.34. The number of amides is 1. The Balaban J connectivity index is 1.74. The molecule has 0 saturated carbocycles. The highest BCUT2D eigenvalue weighted by Gasteiger charge is 2.31. The van der Waals surface area contributed by atoms with E-state index in [0.29, 0.717) is 6.42 Å². The molecule has 0 fully saturated rings. The molecule has 23 heavy (non-hydrogen) atoms. The Morgan fingerprint density at radius 2 is 1.91 bits per heavy atom. The lowest BCUT2D eigenvalue weighted by Crippen LogP contribution is -2.32. The molecule has 1 aliphatic carbocycles. The maximum absolute atomic E-state index is 12.9. The quantitative estimate of drug-likeness (QED) is 0.856. The van der Waals surface area contributed by atoms with Crippen molar-refractivity contribution in [3.63, 3.8) is 0 Å². The fraction of sp³-hybridized carbons (Fsp3) is 0.211. The van der Waals surface area contributed by atoms with Crippen LogP contribution in [0.25, 0.3) is 5.57 Å². The van der Waals surface area contributed by atoms with E-state index in [-0.39, 0.29) is 11.7 Å². The van der Waals surface area contributed by atoms with Gasteiger partial charge in [0.25, 0.3) is 0 Å². The Hall–Kier alpha value is -2.46. The Bertz CT molecular complexity index is 752. The largest absolute Gasteiger partial charge is 0.390 e. The van der Waals surface area contributed by atoms with Gasteiger partial charge in [0.2, 0.25) is 5.91 Å². The number of fused-ring (bicyclic) bond motifs is 1. The molecule has 1 aliphatic rings. The summed E-state index contributed by atoms with van der Waals surface area (Å²) in [5.74, 6) is -0.579. The van der Waals surface area contributed by atoms with Gasteiger partial charge in [-0.05, 0) is 41.3 Å². The predicted molar refractivity (Wildman–Crippen MR) is 87.1 cm³/mol. The van der Waals surface area contributed by atoms with Crippen LogP contribution in [0.2, 0.25) is 0 Å². The summed E-state index contributed by atoms with van der Waals surface area (Å²) in [5.41, 5.74) is 3.54. The van der Waals surface area contributed by atoms with Gasteiger partial charge in [0, 0.05) is 12.5 Å². The number of hydrogen-bond acceptors (Lipinski definition) is 2. The van der Waals surface area contributed by atoms with Crippen LogP contribution in [0.5, 0.6) is 0 Å². The fourth-order valence-corrected chi connectivity index (χ4v) is 2.94. The standard InChI is InChI=1S/C19H18FNO2/c1-12(13-6-8-15(20)9-7-13)10-18(23)21-19-16-5-3-2-4-14(16)11-17(19)22/h2-10,17,19,22H,11H2,1H3,(H,21,23)/b12-10-. The summed E-state index contributed by atoms with van der Waals surface area (Å²) in [6.07, 6.45) is 1.40. The van der Waals surface area contributed by atoms with Crippen molar-refractivity contribution in [3.8, 4) is 0 Å². The third-order valence-corrected chi connectivity index (χ3v) is 4.15. The smallest absolute Gasteiger partial charge is 0.244 e. The van der Waals surface area contributed by atoms with Crippen molar-refractivity contribution in [2.75, 3.05) is 0 Å². The monoisotopic (exact) mass is 311 g/mol.